The van der Waals surface area contributed by atoms with E-state index in [1.54, 1.807) is 6.33 Å². The Morgan fingerprint density at radius 1 is 1.06 bits per heavy atom. The van der Waals surface area contributed by atoms with Crippen molar-refractivity contribution in [2.24, 2.45) is 0 Å². The van der Waals surface area contributed by atoms with Gasteiger partial charge in [0.05, 0.1) is 24.7 Å². The van der Waals surface area contributed by atoms with Crippen molar-refractivity contribution in [3.05, 3.63) is 42.4 Å². The third-order valence-corrected chi connectivity index (χ3v) is 7.27. The molecule has 192 valence electrons. The first-order valence-corrected chi connectivity index (χ1v) is 12.9. The summed E-state index contributed by atoms with van der Waals surface area (Å²) >= 11 is 0. The van der Waals surface area contributed by atoms with E-state index in [-0.39, 0.29) is 6.03 Å². The average Bonchev–Trinajstić information content (AvgIpc) is 3.31. The molecule has 0 atom stereocenters. The Labute approximate surface area is 212 Å². The van der Waals surface area contributed by atoms with Crippen molar-refractivity contribution in [1.82, 2.24) is 34.4 Å². The zero-order valence-corrected chi connectivity index (χ0v) is 21.5. The van der Waals surface area contributed by atoms with E-state index >= 15 is 0 Å². The van der Waals surface area contributed by atoms with E-state index in [2.05, 4.69) is 45.0 Å². The van der Waals surface area contributed by atoms with Crippen LogP contribution in [0.3, 0.4) is 0 Å². The van der Waals surface area contributed by atoms with Gasteiger partial charge in [-0.2, -0.15) is 5.10 Å². The molecule has 10 heteroatoms. The van der Waals surface area contributed by atoms with Gasteiger partial charge < -0.3 is 24.3 Å². The molecule has 4 heterocycles. The number of piperazine rings is 1. The lowest BCUT2D eigenvalue weighted by Crippen LogP contribution is -2.55. The molecule has 2 aromatic heterocycles. The smallest absolute Gasteiger partial charge is 0.320 e. The van der Waals surface area contributed by atoms with Crippen LogP contribution in [0, 0.1) is 0 Å². The Kier molecular flexibility index (Phi) is 7.22. The fourth-order valence-corrected chi connectivity index (χ4v) is 5.20. The Balaban J connectivity index is 1.23. The number of ether oxygens (including phenoxy) is 1. The fourth-order valence-electron chi connectivity index (χ4n) is 5.20. The Morgan fingerprint density at radius 3 is 2.53 bits per heavy atom. The van der Waals surface area contributed by atoms with Gasteiger partial charge in [0.15, 0.2) is 5.65 Å². The van der Waals surface area contributed by atoms with E-state index in [0.29, 0.717) is 32.3 Å². The molecular formula is C26H36N8O2. The SMILES string of the molecule is CCOc1cccc(Cn2ncc3c(N4CCN(C(=O)N5CCC(N(C)C)CC5)CC4)ncnc32)c1. The summed E-state index contributed by atoms with van der Waals surface area (Å²) in [6.45, 7) is 7.76. The standard InChI is InChI=1S/C26H36N8O2/c1-4-36-22-7-5-6-20(16-22)18-34-25-23(17-29-34)24(27-19-28-25)31-12-14-33(15-13-31)26(35)32-10-8-21(9-11-32)30(2)3/h5-7,16-17,19,21H,4,8-15,18H2,1-3H3. The number of hydrogen-bond acceptors (Lipinski definition) is 7. The van der Waals surface area contributed by atoms with Crippen molar-refractivity contribution in [1.29, 1.82) is 0 Å². The topological polar surface area (TPSA) is 82.9 Å². The van der Waals surface area contributed by atoms with Gasteiger partial charge >= 0.3 is 6.03 Å². The van der Waals surface area contributed by atoms with Crippen molar-refractivity contribution < 1.29 is 9.53 Å². The second kappa shape index (κ2) is 10.7. The Morgan fingerprint density at radius 2 is 1.81 bits per heavy atom. The normalized spacial score (nSPS) is 17.3. The average molecular weight is 493 g/mol. The zero-order chi connectivity index (χ0) is 25.1. The van der Waals surface area contributed by atoms with E-state index in [1.165, 1.54) is 0 Å². The lowest BCUT2D eigenvalue weighted by atomic mass is 10.0. The molecule has 0 aliphatic carbocycles. The summed E-state index contributed by atoms with van der Waals surface area (Å²) in [6, 6.07) is 8.81. The molecule has 5 rings (SSSR count). The van der Waals surface area contributed by atoms with Gasteiger partial charge in [-0.1, -0.05) is 12.1 Å². The number of anilines is 1. The van der Waals surface area contributed by atoms with E-state index in [0.717, 1.165) is 67.2 Å². The quantitative estimate of drug-likeness (QED) is 0.523. The van der Waals surface area contributed by atoms with Crippen molar-refractivity contribution >= 4 is 22.9 Å². The van der Waals surface area contributed by atoms with Crippen LogP contribution < -0.4 is 9.64 Å². The molecule has 0 saturated carbocycles. The molecular weight excluding hydrogens is 456 g/mol. The highest BCUT2D eigenvalue weighted by molar-refractivity contribution is 5.87. The molecule has 1 aromatic carbocycles. The zero-order valence-electron chi connectivity index (χ0n) is 21.5. The first-order chi connectivity index (χ1) is 17.5. The minimum atomic E-state index is 0.168. The van der Waals surface area contributed by atoms with Gasteiger partial charge in [0, 0.05) is 45.3 Å². The third kappa shape index (κ3) is 5.09. The highest BCUT2D eigenvalue weighted by Crippen LogP contribution is 2.25. The van der Waals surface area contributed by atoms with Gasteiger partial charge in [-0.05, 0) is 51.6 Å². The number of aromatic nitrogens is 4. The van der Waals surface area contributed by atoms with Crippen LogP contribution in [0.15, 0.2) is 36.8 Å². The van der Waals surface area contributed by atoms with Gasteiger partial charge in [0.2, 0.25) is 0 Å². The summed E-state index contributed by atoms with van der Waals surface area (Å²) in [4.78, 5) is 30.7. The molecule has 36 heavy (non-hydrogen) atoms. The predicted octanol–water partition coefficient (Wildman–Crippen LogP) is 2.54. The van der Waals surface area contributed by atoms with Crippen molar-refractivity contribution in [2.45, 2.75) is 32.4 Å². The van der Waals surface area contributed by atoms with Crippen LogP contribution >= 0.6 is 0 Å². The number of urea groups is 1. The lowest BCUT2D eigenvalue weighted by Gasteiger charge is -2.41. The van der Waals surface area contributed by atoms with E-state index in [9.17, 15) is 4.79 Å². The summed E-state index contributed by atoms with van der Waals surface area (Å²) in [6.07, 6.45) is 5.54. The second-order valence-corrected chi connectivity index (χ2v) is 9.76. The van der Waals surface area contributed by atoms with Crippen LogP contribution in [0.4, 0.5) is 10.6 Å². The van der Waals surface area contributed by atoms with Crippen LogP contribution in [-0.2, 0) is 6.54 Å². The van der Waals surface area contributed by atoms with Gasteiger partial charge in [-0.3, -0.25) is 0 Å². The molecule has 0 N–H and O–H groups in total. The van der Waals surface area contributed by atoms with E-state index in [4.69, 9.17) is 4.74 Å². The summed E-state index contributed by atoms with van der Waals surface area (Å²) in [5.41, 5.74) is 1.91. The molecule has 2 aliphatic heterocycles. The summed E-state index contributed by atoms with van der Waals surface area (Å²) < 4.78 is 7.54. The van der Waals surface area contributed by atoms with Crippen LogP contribution in [0.5, 0.6) is 5.75 Å². The minimum absolute atomic E-state index is 0.168. The predicted molar refractivity (Wildman–Crippen MR) is 139 cm³/mol. The summed E-state index contributed by atoms with van der Waals surface area (Å²) in [5, 5.41) is 5.55. The molecule has 2 aliphatic rings. The highest BCUT2D eigenvalue weighted by atomic mass is 16.5. The number of piperidine rings is 1. The molecule has 0 unspecified atom stereocenters. The van der Waals surface area contributed by atoms with Crippen LogP contribution in [0.2, 0.25) is 0 Å². The Bertz CT molecular complexity index is 1180. The van der Waals surface area contributed by atoms with Crippen molar-refractivity contribution in [3.63, 3.8) is 0 Å². The summed E-state index contributed by atoms with van der Waals surface area (Å²) in [5.74, 6) is 1.74. The Hall–Kier alpha value is -3.40. The number of benzene rings is 1. The van der Waals surface area contributed by atoms with Crippen LogP contribution in [0.25, 0.3) is 11.0 Å². The van der Waals surface area contributed by atoms with Gasteiger partial charge in [-0.15, -0.1) is 0 Å². The largest absolute Gasteiger partial charge is 0.494 e. The first kappa shape index (κ1) is 24.3. The van der Waals surface area contributed by atoms with Crippen molar-refractivity contribution in [2.75, 3.05) is 64.9 Å². The minimum Gasteiger partial charge on any atom is -0.494 e. The lowest BCUT2D eigenvalue weighted by molar-refractivity contribution is 0.118. The number of amides is 2. The van der Waals surface area contributed by atoms with Crippen molar-refractivity contribution in [3.8, 4) is 5.75 Å². The maximum Gasteiger partial charge on any atom is 0.320 e. The van der Waals surface area contributed by atoms with Gasteiger partial charge in [-0.25, -0.2) is 19.4 Å². The third-order valence-electron chi connectivity index (χ3n) is 7.27. The molecule has 0 radical (unpaired) electrons. The molecule has 2 saturated heterocycles. The molecule has 3 aromatic rings. The molecule has 10 nitrogen and oxygen atoms in total. The number of carbonyl (C=O) groups is 1. The molecule has 2 fully saturated rings. The molecule has 0 spiro atoms. The second-order valence-electron chi connectivity index (χ2n) is 9.76. The van der Waals surface area contributed by atoms with E-state index in [1.807, 2.05) is 45.8 Å². The van der Waals surface area contributed by atoms with Gasteiger partial charge in [0.1, 0.15) is 17.9 Å². The maximum absolute atomic E-state index is 13.1. The number of likely N-dealkylation sites (tertiary alicyclic amines) is 1. The molecule has 0 bridgehead atoms. The highest BCUT2D eigenvalue weighted by Gasteiger charge is 2.30. The van der Waals surface area contributed by atoms with Crippen LogP contribution in [0.1, 0.15) is 25.3 Å². The molecule has 2 amide bonds. The fraction of sp³-hybridized carbons (Fsp3) is 0.538. The number of carbonyl (C=O) groups excluding carboxylic acids is 1. The first-order valence-electron chi connectivity index (χ1n) is 12.9. The number of rotatable bonds is 6. The van der Waals surface area contributed by atoms with E-state index < -0.39 is 0 Å². The monoisotopic (exact) mass is 492 g/mol. The number of fused-ring (bicyclic) bond motifs is 1. The summed E-state index contributed by atoms with van der Waals surface area (Å²) in [7, 11) is 4.24. The maximum atomic E-state index is 13.1. The van der Waals surface area contributed by atoms with Gasteiger partial charge in [0.25, 0.3) is 0 Å². The number of nitrogens with zero attached hydrogens (tertiary/aromatic N) is 8. The number of hydrogen-bond donors (Lipinski definition) is 0. The van der Waals surface area contributed by atoms with Crippen LogP contribution in [-0.4, -0.2) is 106 Å².